The molecule has 0 atom stereocenters. The van der Waals surface area contributed by atoms with Gasteiger partial charge >= 0.3 is 0 Å². The molecule has 2 heterocycles. The van der Waals surface area contributed by atoms with Gasteiger partial charge in [0.25, 0.3) is 5.91 Å². The zero-order chi connectivity index (χ0) is 19.2. The quantitative estimate of drug-likeness (QED) is 0.367. The first kappa shape index (κ1) is 19.7. The van der Waals surface area contributed by atoms with E-state index in [1.807, 2.05) is 35.6 Å². The number of thiophene rings is 1. The van der Waals surface area contributed by atoms with Crippen LogP contribution in [-0.4, -0.2) is 17.4 Å². The number of benzene rings is 1. The summed E-state index contributed by atoms with van der Waals surface area (Å²) in [6.07, 6.45) is 6.80. The van der Waals surface area contributed by atoms with Crippen molar-refractivity contribution in [3.8, 4) is 0 Å². The summed E-state index contributed by atoms with van der Waals surface area (Å²) in [6, 6.07) is 12.1. The average molecular weight is 429 g/mol. The van der Waals surface area contributed by atoms with Crippen molar-refractivity contribution in [2.75, 3.05) is 6.54 Å². The SMILES string of the molecule is O=C(NCCCc1nc2c(s1)CCCC2)c1ccccc1SCc1cccs1. The van der Waals surface area contributed by atoms with Gasteiger partial charge in [0.2, 0.25) is 0 Å². The molecule has 2 aromatic heterocycles. The Morgan fingerprint density at radius 3 is 2.89 bits per heavy atom. The predicted octanol–water partition coefficient (Wildman–Crippen LogP) is 5.74. The smallest absolute Gasteiger partial charge is 0.252 e. The predicted molar refractivity (Wildman–Crippen MR) is 120 cm³/mol. The van der Waals surface area contributed by atoms with E-state index >= 15 is 0 Å². The number of thioether (sulfide) groups is 1. The van der Waals surface area contributed by atoms with Gasteiger partial charge in [0.15, 0.2) is 0 Å². The van der Waals surface area contributed by atoms with E-state index in [0.717, 1.165) is 35.5 Å². The third-order valence-electron chi connectivity index (χ3n) is 4.82. The number of nitrogens with zero attached hydrogens (tertiary/aromatic N) is 1. The highest BCUT2D eigenvalue weighted by Gasteiger charge is 2.15. The van der Waals surface area contributed by atoms with Gasteiger partial charge in [-0.05, 0) is 55.7 Å². The molecular weight excluding hydrogens is 404 g/mol. The van der Waals surface area contributed by atoms with E-state index in [1.54, 1.807) is 23.1 Å². The Bertz CT molecular complexity index is 894. The second-order valence-corrected chi connectivity index (χ2v) is 10.1. The van der Waals surface area contributed by atoms with Crippen molar-refractivity contribution in [1.29, 1.82) is 0 Å². The second kappa shape index (κ2) is 9.72. The third kappa shape index (κ3) is 5.04. The first-order valence-corrected chi connectivity index (χ1v) is 12.5. The minimum absolute atomic E-state index is 0.0210. The van der Waals surface area contributed by atoms with Crippen LogP contribution in [0.1, 0.15) is 50.1 Å². The summed E-state index contributed by atoms with van der Waals surface area (Å²) in [6.45, 7) is 0.688. The molecule has 1 N–H and O–H groups in total. The number of carbonyl (C=O) groups excluding carboxylic acids is 1. The fourth-order valence-electron chi connectivity index (χ4n) is 3.37. The minimum atomic E-state index is 0.0210. The Hall–Kier alpha value is -1.63. The molecule has 0 bridgehead atoms. The molecular formula is C22H24N2OS3. The molecule has 1 aliphatic rings. The lowest BCUT2D eigenvalue weighted by molar-refractivity contribution is 0.0950. The zero-order valence-corrected chi connectivity index (χ0v) is 18.2. The highest BCUT2D eigenvalue weighted by molar-refractivity contribution is 7.98. The maximum atomic E-state index is 12.7. The van der Waals surface area contributed by atoms with Crippen LogP contribution >= 0.6 is 34.4 Å². The number of hydrogen-bond acceptors (Lipinski definition) is 5. The largest absolute Gasteiger partial charge is 0.352 e. The molecule has 6 heteroatoms. The molecule has 0 radical (unpaired) electrons. The monoisotopic (exact) mass is 428 g/mol. The summed E-state index contributed by atoms with van der Waals surface area (Å²) in [5.74, 6) is 0.921. The van der Waals surface area contributed by atoms with E-state index in [0.29, 0.717) is 6.54 Å². The number of fused-ring (bicyclic) bond motifs is 1. The molecule has 1 amide bonds. The molecule has 28 heavy (non-hydrogen) atoms. The van der Waals surface area contributed by atoms with E-state index in [4.69, 9.17) is 4.98 Å². The van der Waals surface area contributed by atoms with Gasteiger partial charge in [-0.1, -0.05) is 18.2 Å². The number of rotatable bonds is 8. The normalized spacial score (nSPS) is 13.3. The van der Waals surface area contributed by atoms with E-state index in [1.165, 1.54) is 39.7 Å². The van der Waals surface area contributed by atoms with Crippen LogP contribution in [-0.2, 0) is 25.0 Å². The van der Waals surface area contributed by atoms with Crippen LogP contribution in [0.25, 0.3) is 0 Å². The van der Waals surface area contributed by atoms with Gasteiger partial charge in [-0.15, -0.1) is 34.4 Å². The lowest BCUT2D eigenvalue weighted by Crippen LogP contribution is -2.25. The summed E-state index contributed by atoms with van der Waals surface area (Å²) in [5.41, 5.74) is 2.10. The maximum Gasteiger partial charge on any atom is 0.252 e. The van der Waals surface area contributed by atoms with Crippen LogP contribution in [0, 0.1) is 0 Å². The van der Waals surface area contributed by atoms with Crippen molar-refractivity contribution in [3.63, 3.8) is 0 Å². The number of thiazole rings is 1. The molecule has 4 rings (SSSR count). The van der Waals surface area contributed by atoms with Crippen LogP contribution in [0.15, 0.2) is 46.7 Å². The molecule has 3 nitrogen and oxygen atoms in total. The highest BCUT2D eigenvalue weighted by Crippen LogP contribution is 2.28. The zero-order valence-electron chi connectivity index (χ0n) is 15.8. The molecule has 146 valence electrons. The Kier molecular flexibility index (Phi) is 6.83. The van der Waals surface area contributed by atoms with Gasteiger partial charge in [0, 0.05) is 33.4 Å². The number of aryl methyl sites for hydroxylation is 3. The lowest BCUT2D eigenvalue weighted by atomic mass is 10.0. The molecule has 3 aromatic rings. The van der Waals surface area contributed by atoms with Crippen LogP contribution in [0.2, 0.25) is 0 Å². The van der Waals surface area contributed by atoms with E-state index in [9.17, 15) is 4.79 Å². The number of nitrogens with one attached hydrogen (secondary N) is 1. The standard InChI is InChI=1S/C22H24N2OS3/c25-22(17-8-1-3-10-19(17)27-15-16-7-6-14-26-16)23-13-5-12-21-24-18-9-2-4-11-20(18)28-21/h1,3,6-8,10,14H,2,4-5,9,11-13,15H2,(H,23,25). The average Bonchev–Trinajstić information content (AvgIpc) is 3.39. The van der Waals surface area contributed by atoms with Crippen LogP contribution < -0.4 is 5.32 Å². The molecule has 1 aliphatic carbocycles. The van der Waals surface area contributed by atoms with Crippen molar-refractivity contribution < 1.29 is 4.79 Å². The fraction of sp³-hybridized carbons (Fsp3) is 0.364. The van der Waals surface area contributed by atoms with Crippen molar-refractivity contribution >= 4 is 40.3 Å². The number of hydrogen-bond donors (Lipinski definition) is 1. The molecule has 0 unspecified atom stereocenters. The molecule has 1 aromatic carbocycles. The first-order chi connectivity index (χ1) is 13.8. The molecule has 0 fully saturated rings. The first-order valence-electron chi connectivity index (χ1n) is 9.79. The highest BCUT2D eigenvalue weighted by atomic mass is 32.2. The van der Waals surface area contributed by atoms with Crippen LogP contribution in [0.5, 0.6) is 0 Å². The molecule has 0 saturated carbocycles. The van der Waals surface area contributed by atoms with Crippen molar-refractivity contribution in [2.45, 2.75) is 49.2 Å². The van der Waals surface area contributed by atoms with Crippen LogP contribution in [0.4, 0.5) is 0 Å². The third-order valence-corrected chi connectivity index (χ3v) is 8.22. The van der Waals surface area contributed by atoms with Gasteiger partial charge in [-0.3, -0.25) is 4.79 Å². The summed E-state index contributed by atoms with van der Waals surface area (Å²) in [7, 11) is 0. The fourth-order valence-corrected chi connectivity index (χ4v) is 6.39. The Morgan fingerprint density at radius 1 is 1.14 bits per heavy atom. The summed E-state index contributed by atoms with van der Waals surface area (Å²) in [5, 5.41) is 6.41. The van der Waals surface area contributed by atoms with Crippen LogP contribution in [0.3, 0.4) is 0 Å². The van der Waals surface area contributed by atoms with Crippen molar-refractivity contribution in [2.24, 2.45) is 0 Å². The Balaban J connectivity index is 1.27. The second-order valence-electron chi connectivity index (χ2n) is 6.91. The summed E-state index contributed by atoms with van der Waals surface area (Å²) in [4.78, 5) is 21.3. The lowest BCUT2D eigenvalue weighted by Gasteiger charge is -2.09. The topological polar surface area (TPSA) is 42.0 Å². The van der Waals surface area contributed by atoms with E-state index in [2.05, 4.69) is 22.8 Å². The summed E-state index contributed by atoms with van der Waals surface area (Å²) < 4.78 is 0. The maximum absolute atomic E-state index is 12.7. The van der Waals surface area contributed by atoms with E-state index in [-0.39, 0.29) is 5.91 Å². The number of amides is 1. The molecule has 0 saturated heterocycles. The number of carbonyl (C=O) groups is 1. The van der Waals surface area contributed by atoms with Gasteiger partial charge in [-0.25, -0.2) is 4.98 Å². The molecule has 0 aliphatic heterocycles. The van der Waals surface area contributed by atoms with Crippen molar-refractivity contribution in [1.82, 2.24) is 10.3 Å². The van der Waals surface area contributed by atoms with Gasteiger partial charge in [-0.2, -0.15) is 0 Å². The van der Waals surface area contributed by atoms with E-state index < -0.39 is 0 Å². The Labute approximate surface area is 178 Å². The van der Waals surface area contributed by atoms with Gasteiger partial charge in [0.05, 0.1) is 16.3 Å². The number of aromatic nitrogens is 1. The van der Waals surface area contributed by atoms with Gasteiger partial charge in [0.1, 0.15) is 0 Å². The molecule has 0 spiro atoms. The van der Waals surface area contributed by atoms with Crippen molar-refractivity contribution in [3.05, 3.63) is 67.8 Å². The van der Waals surface area contributed by atoms with Gasteiger partial charge < -0.3 is 5.32 Å². The summed E-state index contributed by atoms with van der Waals surface area (Å²) >= 11 is 5.35. The Morgan fingerprint density at radius 2 is 2.04 bits per heavy atom. The minimum Gasteiger partial charge on any atom is -0.352 e.